The highest BCUT2D eigenvalue weighted by molar-refractivity contribution is 9.10. The van der Waals surface area contributed by atoms with Crippen molar-refractivity contribution in [1.29, 1.82) is 0 Å². The molecule has 2 aromatic rings. The highest BCUT2D eigenvalue weighted by Gasteiger charge is 2.13. The van der Waals surface area contributed by atoms with E-state index >= 15 is 0 Å². The number of methoxy groups -OCH3 is 1. The third kappa shape index (κ3) is 3.94. The zero-order valence-electron chi connectivity index (χ0n) is 11.7. The van der Waals surface area contributed by atoms with Crippen LogP contribution in [-0.4, -0.2) is 13.7 Å². The van der Waals surface area contributed by atoms with E-state index in [2.05, 4.69) is 81.2 Å². The molecule has 2 rings (SSSR count). The zero-order valence-corrected chi connectivity index (χ0v) is 14.9. The van der Waals surface area contributed by atoms with Crippen LogP contribution in [0.25, 0.3) is 0 Å². The summed E-state index contributed by atoms with van der Waals surface area (Å²) >= 11 is 7.35. The maximum Gasteiger partial charge on any atom is 0.0647 e. The van der Waals surface area contributed by atoms with Gasteiger partial charge in [-0.25, -0.2) is 0 Å². The van der Waals surface area contributed by atoms with Crippen molar-refractivity contribution >= 4 is 31.9 Å². The molecule has 2 aromatic carbocycles. The summed E-state index contributed by atoms with van der Waals surface area (Å²) in [6.45, 7) is 2.91. The van der Waals surface area contributed by atoms with Gasteiger partial charge in [0.05, 0.1) is 11.4 Å². The van der Waals surface area contributed by atoms with Crippen molar-refractivity contribution in [2.24, 2.45) is 0 Å². The summed E-state index contributed by atoms with van der Waals surface area (Å²) in [6.07, 6.45) is 0.958. The first-order chi connectivity index (χ1) is 9.61. The van der Waals surface area contributed by atoms with Crippen LogP contribution >= 0.6 is 31.9 Å². The molecule has 0 N–H and O–H groups in total. The van der Waals surface area contributed by atoms with Gasteiger partial charge in [0.15, 0.2) is 0 Å². The van der Waals surface area contributed by atoms with Crippen LogP contribution in [0.5, 0.6) is 0 Å². The molecule has 0 saturated heterocycles. The van der Waals surface area contributed by atoms with Crippen LogP contribution in [0, 0.1) is 6.92 Å². The standard InChI is InChI=1S/C17H18Br2O/c1-12-3-8-15(18)11-16(12)17(19)14-6-4-13(5-7-14)9-10-20-2/h3-8,11,17H,9-10H2,1-2H3. The number of benzene rings is 2. The molecule has 1 nitrogen and oxygen atoms in total. The Hall–Kier alpha value is -0.640. The normalized spacial score (nSPS) is 12.4. The van der Waals surface area contributed by atoms with Gasteiger partial charge in [-0.15, -0.1) is 0 Å². The number of aryl methyl sites for hydroxylation is 1. The Balaban J connectivity index is 2.20. The average Bonchev–Trinajstić information content (AvgIpc) is 2.47. The first-order valence-corrected chi connectivity index (χ1v) is 8.30. The highest BCUT2D eigenvalue weighted by atomic mass is 79.9. The van der Waals surface area contributed by atoms with Crippen LogP contribution in [-0.2, 0) is 11.2 Å². The van der Waals surface area contributed by atoms with Crippen molar-refractivity contribution in [3.63, 3.8) is 0 Å². The molecule has 1 atom stereocenters. The molecule has 0 saturated carbocycles. The Morgan fingerprint density at radius 2 is 1.80 bits per heavy atom. The number of hydrogen-bond donors (Lipinski definition) is 0. The summed E-state index contributed by atoms with van der Waals surface area (Å²) in [6, 6.07) is 15.1. The molecule has 3 heteroatoms. The lowest BCUT2D eigenvalue weighted by molar-refractivity contribution is 0.202. The summed E-state index contributed by atoms with van der Waals surface area (Å²) in [4.78, 5) is 0.219. The van der Waals surface area contributed by atoms with Crippen LogP contribution in [0.3, 0.4) is 0 Å². The van der Waals surface area contributed by atoms with Gasteiger partial charge in [-0.2, -0.15) is 0 Å². The molecular weight excluding hydrogens is 380 g/mol. The lowest BCUT2D eigenvalue weighted by atomic mass is 9.99. The molecular formula is C17H18Br2O. The second kappa shape index (κ2) is 7.39. The van der Waals surface area contributed by atoms with Crippen LogP contribution in [0.1, 0.15) is 27.1 Å². The Morgan fingerprint density at radius 1 is 1.10 bits per heavy atom. The topological polar surface area (TPSA) is 9.23 Å². The predicted molar refractivity (Wildman–Crippen MR) is 91.7 cm³/mol. The maximum atomic E-state index is 5.11. The van der Waals surface area contributed by atoms with E-state index < -0.39 is 0 Å². The molecule has 0 heterocycles. The van der Waals surface area contributed by atoms with Crippen molar-refractivity contribution < 1.29 is 4.74 Å². The monoisotopic (exact) mass is 396 g/mol. The minimum absolute atomic E-state index is 0.219. The molecule has 0 bridgehead atoms. The highest BCUT2D eigenvalue weighted by Crippen LogP contribution is 2.34. The summed E-state index contributed by atoms with van der Waals surface area (Å²) in [7, 11) is 1.74. The Bertz CT molecular complexity index is 564. The molecule has 1 unspecified atom stereocenters. The lowest BCUT2D eigenvalue weighted by Crippen LogP contribution is -1.98. The molecule has 20 heavy (non-hydrogen) atoms. The van der Waals surface area contributed by atoms with Gasteiger partial charge in [-0.1, -0.05) is 62.2 Å². The van der Waals surface area contributed by atoms with Gasteiger partial charge in [0.2, 0.25) is 0 Å². The number of halogens is 2. The predicted octanol–water partition coefficient (Wildman–Crippen LogP) is 5.43. The summed E-state index contributed by atoms with van der Waals surface area (Å²) in [5.41, 5.74) is 5.16. The van der Waals surface area contributed by atoms with E-state index in [4.69, 9.17) is 4.74 Å². The van der Waals surface area contributed by atoms with Gasteiger partial charge >= 0.3 is 0 Å². The van der Waals surface area contributed by atoms with Crippen molar-refractivity contribution in [3.05, 3.63) is 69.2 Å². The van der Waals surface area contributed by atoms with Crippen molar-refractivity contribution in [3.8, 4) is 0 Å². The van der Waals surface area contributed by atoms with E-state index in [-0.39, 0.29) is 4.83 Å². The number of rotatable bonds is 5. The van der Waals surface area contributed by atoms with Gasteiger partial charge in [0.1, 0.15) is 0 Å². The quantitative estimate of drug-likeness (QED) is 0.611. The van der Waals surface area contributed by atoms with Gasteiger partial charge in [0.25, 0.3) is 0 Å². The van der Waals surface area contributed by atoms with E-state index in [1.807, 2.05) is 0 Å². The molecule has 0 aliphatic carbocycles. The average molecular weight is 398 g/mol. The molecule has 0 fully saturated rings. The molecule has 0 aliphatic heterocycles. The second-order valence-corrected chi connectivity index (χ2v) is 6.68. The van der Waals surface area contributed by atoms with Gasteiger partial charge in [-0.3, -0.25) is 0 Å². The number of ether oxygens (including phenoxy) is 1. The molecule has 0 amide bonds. The molecule has 0 radical (unpaired) electrons. The summed E-state index contributed by atoms with van der Waals surface area (Å²) in [5, 5.41) is 0. The Morgan fingerprint density at radius 3 is 2.45 bits per heavy atom. The largest absolute Gasteiger partial charge is 0.384 e. The lowest BCUT2D eigenvalue weighted by Gasteiger charge is -2.14. The van der Waals surface area contributed by atoms with E-state index in [1.165, 1.54) is 22.3 Å². The van der Waals surface area contributed by atoms with Crippen LogP contribution < -0.4 is 0 Å². The van der Waals surface area contributed by atoms with E-state index in [0.29, 0.717) is 0 Å². The van der Waals surface area contributed by atoms with Gasteiger partial charge in [-0.05, 0) is 47.7 Å². The van der Waals surface area contributed by atoms with Crippen molar-refractivity contribution in [2.75, 3.05) is 13.7 Å². The first kappa shape index (κ1) is 15.7. The molecule has 0 spiro atoms. The number of alkyl halides is 1. The van der Waals surface area contributed by atoms with E-state index in [1.54, 1.807) is 7.11 Å². The fourth-order valence-corrected chi connectivity index (χ4v) is 3.31. The SMILES string of the molecule is COCCc1ccc(C(Br)c2cc(Br)ccc2C)cc1. The molecule has 106 valence electrons. The fraction of sp³-hybridized carbons (Fsp3) is 0.294. The summed E-state index contributed by atoms with van der Waals surface area (Å²) < 4.78 is 6.22. The minimum Gasteiger partial charge on any atom is -0.384 e. The smallest absolute Gasteiger partial charge is 0.0647 e. The van der Waals surface area contributed by atoms with Crippen LogP contribution in [0.15, 0.2) is 46.9 Å². The number of hydrogen-bond acceptors (Lipinski definition) is 1. The Labute approximate surface area is 137 Å². The van der Waals surface area contributed by atoms with E-state index in [0.717, 1.165) is 17.5 Å². The van der Waals surface area contributed by atoms with Gasteiger partial charge < -0.3 is 4.74 Å². The molecule has 0 aromatic heterocycles. The fourth-order valence-electron chi connectivity index (χ4n) is 2.14. The zero-order chi connectivity index (χ0) is 14.5. The van der Waals surface area contributed by atoms with Crippen LogP contribution in [0.2, 0.25) is 0 Å². The van der Waals surface area contributed by atoms with Gasteiger partial charge in [0, 0.05) is 11.6 Å². The second-order valence-electron chi connectivity index (χ2n) is 4.85. The van der Waals surface area contributed by atoms with E-state index in [9.17, 15) is 0 Å². The first-order valence-electron chi connectivity index (χ1n) is 6.59. The minimum atomic E-state index is 0.219. The maximum absolute atomic E-state index is 5.11. The molecule has 0 aliphatic rings. The van der Waals surface area contributed by atoms with Crippen molar-refractivity contribution in [1.82, 2.24) is 0 Å². The Kier molecular flexibility index (Phi) is 5.82. The van der Waals surface area contributed by atoms with Crippen LogP contribution in [0.4, 0.5) is 0 Å². The summed E-state index contributed by atoms with van der Waals surface area (Å²) in [5.74, 6) is 0. The third-order valence-electron chi connectivity index (χ3n) is 3.38. The third-order valence-corrected chi connectivity index (χ3v) is 4.90. The van der Waals surface area contributed by atoms with Crippen molar-refractivity contribution in [2.45, 2.75) is 18.2 Å².